The Balaban J connectivity index is 1.92. The van der Waals surface area contributed by atoms with Gasteiger partial charge in [0, 0.05) is 25.6 Å². The Bertz CT molecular complexity index is 562. The van der Waals surface area contributed by atoms with Crippen molar-refractivity contribution in [3.8, 4) is 5.75 Å². The first-order valence-electron chi connectivity index (χ1n) is 8.10. The van der Waals surface area contributed by atoms with Crippen molar-refractivity contribution in [1.29, 1.82) is 0 Å². The average molecular weight is 319 g/mol. The van der Waals surface area contributed by atoms with Crippen LogP contribution in [-0.2, 0) is 9.59 Å². The van der Waals surface area contributed by atoms with Gasteiger partial charge in [0.25, 0.3) is 5.91 Å². The zero-order valence-electron chi connectivity index (χ0n) is 14.0. The van der Waals surface area contributed by atoms with E-state index >= 15 is 0 Å². The molecule has 0 radical (unpaired) electrons. The van der Waals surface area contributed by atoms with Crippen LogP contribution in [0.2, 0.25) is 0 Å². The Labute approximate surface area is 137 Å². The number of benzene rings is 1. The van der Waals surface area contributed by atoms with Crippen molar-refractivity contribution in [3.05, 3.63) is 24.3 Å². The minimum absolute atomic E-state index is 0.0563. The summed E-state index contributed by atoms with van der Waals surface area (Å²) in [6.45, 7) is 7.58. The molecule has 23 heavy (non-hydrogen) atoms. The van der Waals surface area contributed by atoms with Crippen LogP contribution in [0.15, 0.2) is 24.3 Å². The number of fused-ring (bicyclic) bond motifs is 1. The molecule has 2 atom stereocenters. The molecule has 0 saturated carbocycles. The normalized spacial score (nSPS) is 18.1. The number of rotatable bonds is 7. The molecule has 2 amide bonds. The van der Waals surface area contributed by atoms with E-state index in [1.54, 1.807) is 11.8 Å². The predicted octanol–water partition coefficient (Wildman–Crippen LogP) is 1.30. The molecule has 0 fully saturated rings. The van der Waals surface area contributed by atoms with E-state index in [1.807, 2.05) is 38.1 Å². The van der Waals surface area contributed by atoms with Gasteiger partial charge in [-0.25, -0.2) is 0 Å². The summed E-state index contributed by atoms with van der Waals surface area (Å²) in [6.07, 6.45) is -0.257. The fourth-order valence-corrected chi connectivity index (χ4v) is 2.58. The van der Waals surface area contributed by atoms with E-state index in [0.717, 1.165) is 12.2 Å². The van der Waals surface area contributed by atoms with E-state index in [4.69, 9.17) is 4.74 Å². The maximum atomic E-state index is 12.3. The standard InChI is InChI=1S/C17H25N3O3/c1-4-18-12(2)11-19-16(21)9-10-20-14-7-5-6-8-15(14)23-13(3)17(20)22/h5-8,12-13,18H,4,9-11H2,1-3H3,(H,19,21)/t12-,13?/m1/s1. The molecule has 1 aromatic rings. The third kappa shape index (κ3) is 4.45. The molecular weight excluding hydrogens is 294 g/mol. The molecule has 0 bridgehead atoms. The first-order chi connectivity index (χ1) is 11.0. The van der Waals surface area contributed by atoms with Gasteiger partial charge in [-0.3, -0.25) is 9.59 Å². The molecule has 2 N–H and O–H groups in total. The van der Waals surface area contributed by atoms with Crippen LogP contribution in [0.1, 0.15) is 27.2 Å². The fraction of sp³-hybridized carbons (Fsp3) is 0.529. The number of anilines is 1. The van der Waals surface area contributed by atoms with E-state index in [-0.39, 0.29) is 24.3 Å². The molecule has 0 saturated heterocycles. The second-order valence-corrected chi connectivity index (χ2v) is 5.73. The number of amides is 2. The summed E-state index contributed by atoms with van der Waals surface area (Å²) in [7, 11) is 0. The topological polar surface area (TPSA) is 70.7 Å². The van der Waals surface area contributed by atoms with Gasteiger partial charge in [0.2, 0.25) is 5.91 Å². The maximum absolute atomic E-state index is 12.3. The number of hydrogen-bond acceptors (Lipinski definition) is 4. The lowest BCUT2D eigenvalue weighted by Gasteiger charge is -2.32. The van der Waals surface area contributed by atoms with Crippen molar-refractivity contribution >= 4 is 17.5 Å². The number of carbonyl (C=O) groups is 2. The van der Waals surface area contributed by atoms with Gasteiger partial charge in [0.15, 0.2) is 6.10 Å². The van der Waals surface area contributed by atoms with Crippen molar-refractivity contribution in [2.45, 2.75) is 39.3 Å². The predicted molar refractivity (Wildman–Crippen MR) is 89.7 cm³/mol. The summed E-state index contributed by atoms with van der Waals surface area (Å²) in [4.78, 5) is 25.9. The SMILES string of the molecule is CCN[C@H](C)CNC(=O)CCN1C(=O)C(C)Oc2ccccc21. The third-order valence-corrected chi connectivity index (χ3v) is 3.79. The second kappa shape index (κ2) is 7.97. The maximum Gasteiger partial charge on any atom is 0.267 e. The second-order valence-electron chi connectivity index (χ2n) is 5.73. The van der Waals surface area contributed by atoms with Gasteiger partial charge in [0.05, 0.1) is 5.69 Å². The minimum Gasteiger partial charge on any atom is -0.479 e. The Morgan fingerprint density at radius 2 is 2.13 bits per heavy atom. The smallest absolute Gasteiger partial charge is 0.267 e. The number of hydrogen-bond donors (Lipinski definition) is 2. The summed E-state index contributed by atoms with van der Waals surface area (Å²) < 4.78 is 5.59. The quantitative estimate of drug-likeness (QED) is 0.795. The molecule has 0 spiro atoms. The molecule has 0 aliphatic carbocycles. The van der Waals surface area contributed by atoms with Crippen LogP contribution in [0.3, 0.4) is 0 Å². The van der Waals surface area contributed by atoms with E-state index in [9.17, 15) is 9.59 Å². The van der Waals surface area contributed by atoms with E-state index in [0.29, 0.717) is 18.8 Å². The van der Waals surface area contributed by atoms with Gasteiger partial charge in [-0.05, 0) is 32.5 Å². The number of likely N-dealkylation sites (N-methyl/N-ethyl adjacent to an activating group) is 1. The molecule has 0 aromatic heterocycles. The van der Waals surface area contributed by atoms with Gasteiger partial charge < -0.3 is 20.3 Å². The zero-order valence-corrected chi connectivity index (χ0v) is 14.0. The molecule has 126 valence electrons. The zero-order chi connectivity index (χ0) is 16.8. The minimum atomic E-state index is -0.526. The fourth-order valence-electron chi connectivity index (χ4n) is 2.58. The Kier molecular flexibility index (Phi) is 5.98. The molecule has 1 aliphatic heterocycles. The Hall–Kier alpha value is -2.08. The van der Waals surface area contributed by atoms with E-state index in [1.165, 1.54) is 0 Å². The van der Waals surface area contributed by atoms with Crippen LogP contribution in [0.4, 0.5) is 5.69 Å². The monoisotopic (exact) mass is 319 g/mol. The Morgan fingerprint density at radius 1 is 1.39 bits per heavy atom. The van der Waals surface area contributed by atoms with Crippen LogP contribution in [0, 0.1) is 0 Å². The first kappa shape index (κ1) is 17.3. The van der Waals surface area contributed by atoms with Crippen molar-refractivity contribution in [3.63, 3.8) is 0 Å². The number of ether oxygens (including phenoxy) is 1. The van der Waals surface area contributed by atoms with Gasteiger partial charge in [-0.2, -0.15) is 0 Å². The molecule has 1 aromatic carbocycles. The highest BCUT2D eigenvalue weighted by atomic mass is 16.5. The van der Waals surface area contributed by atoms with Crippen LogP contribution in [0.25, 0.3) is 0 Å². The summed E-state index contributed by atoms with van der Waals surface area (Å²) in [5.74, 6) is 0.512. The lowest BCUT2D eigenvalue weighted by Crippen LogP contribution is -2.46. The molecule has 6 heteroatoms. The average Bonchev–Trinajstić information content (AvgIpc) is 2.53. The van der Waals surface area contributed by atoms with E-state index in [2.05, 4.69) is 10.6 Å². The third-order valence-electron chi connectivity index (χ3n) is 3.79. The summed E-state index contributed by atoms with van der Waals surface area (Å²) >= 11 is 0. The number of nitrogens with zero attached hydrogens (tertiary/aromatic N) is 1. The number of para-hydroxylation sites is 2. The lowest BCUT2D eigenvalue weighted by atomic mass is 10.1. The molecule has 1 unspecified atom stereocenters. The van der Waals surface area contributed by atoms with E-state index < -0.39 is 6.10 Å². The lowest BCUT2D eigenvalue weighted by molar-refractivity contribution is -0.125. The highest BCUT2D eigenvalue weighted by Gasteiger charge is 2.31. The molecule has 1 heterocycles. The summed E-state index contributed by atoms with van der Waals surface area (Å²) in [5, 5.41) is 6.12. The van der Waals surface area contributed by atoms with Crippen molar-refractivity contribution in [1.82, 2.24) is 10.6 Å². The number of nitrogens with one attached hydrogen (secondary N) is 2. The highest BCUT2D eigenvalue weighted by Crippen LogP contribution is 2.33. The van der Waals surface area contributed by atoms with Crippen LogP contribution in [-0.4, -0.2) is 43.6 Å². The summed E-state index contributed by atoms with van der Waals surface area (Å²) in [5.41, 5.74) is 0.726. The number of carbonyl (C=O) groups excluding carboxylic acids is 2. The van der Waals surface area contributed by atoms with Gasteiger partial charge in [-0.15, -0.1) is 0 Å². The molecule has 6 nitrogen and oxygen atoms in total. The summed E-state index contributed by atoms with van der Waals surface area (Å²) in [6, 6.07) is 7.63. The largest absolute Gasteiger partial charge is 0.479 e. The van der Waals surface area contributed by atoms with Crippen molar-refractivity contribution in [2.75, 3.05) is 24.5 Å². The first-order valence-corrected chi connectivity index (χ1v) is 8.10. The molecule has 1 aliphatic rings. The van der Waals surface area contributed by atoms with Gasteiger partial charge >= 0.3 is 0 Å². The highest BCUT2D eigenvalue weighted by molar-refractivity contribution is 6.00. The van der Waals surface area contributed by atoms with Crippen LogP contribution in [0.5, 0.6) is 5.75 Å². The molecular formula is C17H25N3O3. The van der Waals surface area contributed by atoms with Gasteiger partial charge in [-0.1, -0.05) is 19.1 Å². The molecule has 2 rings (SSSR count). The van der Waals surface area contributed by atoms with Crippen LogP contribution < -0.4 is 20.3 Å². The van der Waals surface area contributed by atoms with Crippen molar-refractivity contribution in [2.24, 2.45) is 0 Å². The van der Waals surface area contributed by atoms with Crippen LogP contribution >= 0.6 is 0 Å². The van der Waals surface area contributed by atoms with Gasteiger partial charge in [0.1, 0.15) is 5.75 Å². The Morgan fingerprint density at radius 3 is 2.87 bits per heavy atom. The van der Waals surface area contributed by atoms with Crippen molar-refractivity contribution < 1.29 is 14.3 Å².